The molecule has 2 amide bonds. The Morgan fingerprint density at radius 1 is 1.18 bits per heavy atom. The van der Waals surface area contributed by atoms with Crippen LogP contribution in [0.2, 0.25) is 0 Å². The number of amides is 2. The number of pyridine rings is 1. The minimum absolute atomic E-state index is 0.109. The standard InChI is InChI=1S/C19H18F3N3O3/c20-19(21,22)16-11-25(10-15(16)17(26)27)18(28)24-8-12-3-1-4-13(7-12)14-5-2-6-23-9-14/h1-7,9,15-16H,8,10-11H2,(H,24,28)(H,26,27)/t15-,16-/m1/s1. The van der Waals surface area contributed by atoms with Gasteiger partial charge in [-0.3, -0.25) is 9.78 Å². The lowest BCUT2D eigenvalue weighted by atomic mass is 9.96. The molecule has 28 heavy (non-hydrogen) atoms. The molecule has 2 atom stereocenters. The van der Waals surface area contributed by atoms with Gasteiger partial charge in [-0.15, -0.1) is 0 Å². The fourth-order valence-electron chi connectivity index (χ4n) is 3.24. The van der Waals surface area contributed by atoms with Gasteiger partial charge < -0.3 is 15.3 Å². The molecule has 2 N–H and O–H groups in total. The molecule has 0 radical (unpaired) electrons. The smallest absolute Gasteiger partial charge is 0.394 e. The van der Waals surface area contributed by atoms with Gasteiger partial charge in [0.1, 0.15) is 0 Å². The van der Waals surface area contributed by atoms with Crippen LogP contribution in [0.15, 0.2) is 48.8 Å². The summed E-state index contributed by atoms with van der Waals surface area (Å²) in [4.78, 5) is 28.3. The maximum absolute atomic E-state index is 13.0. The van der Waals surface area contributed by atoms with Crippen molar-refractivity contribution in [1.82, 2.24) is 15.2 Å². The fourth-order valence-corrected chi connectivity index (χ4v) is 3.24. The van der Waals surface area contributed by atoms with Crippen LogP contribution in [0.4, 0.5) is 18.0 Å². The Morgan fingerprint density at radius 2 is 1.93 bits per heavy atom. The minimum Gasteiger partial charge on any atom is -0.481 e. The molecule has 0 aliphatic carbocycles. The lowest BCUT2D eigenvalue weighted by Crippen LogP contribution is -2.39. The van der Waals surface area contributed by atoms with Gasteiger partial charge in [0.05, 0.1) is 11.8 Å². The molecule has 1 aliphatic heterocycles. The number of carboxylic acids is 1. The number of likely N-dealkylation sites (tertiary alicyclic amines) is 1. The first kappa shape index (κ1) is 19.7. The van der Waals surface area contributed by atoms with E-state index in [0.29, 0.717) is 0 Å². The number of urea groups is 1. The Labute approximate surface area is 159 Å². The number of aromatic nitrogens is 1. The predicted octanol–water partition coefficient (Wildman–Crippen LogP) is 3.15. The van der Waals surface area contributed by atoms with Crippen molar-refractivity contribution in [1.29, 1.82) is 0 Å². The molecule has 1 aliphatic rings. The van der Waals surface area contributed by atoms with Gasteiger partial charge in [0.15, 0.2) is 0 Å². The zero-order valence-electron chi connectivity index (χ0n) is 14.7. The summed E-state index contributed by atoms with van der Waals surface area (Å²) in [6.45, 7) is -1.03. The van der Waals surface area contributed by atoms with E-state index in [1.54, 1.807) is 30.6 Å². The Kier molecular flexibility index (Phi) is 5.53. The van der Waals surface area contributed by atoms with Crippen molar-refractivity contribution >= 4 is 12.0 Å². The molecule has 1 fully saturated rings. The fraction of sp³-hybridized carbons (Fsp3) is 0.316. The van der Waals surface area contributed by atoms with Crippen LogP contribution in [0.1, 0.15) is 5.56 Å². The number of benzene rings is 1. The molecule has 3 rings (SSSR count). The van der Waals surface area contributed by atoms with Crippen molar-refractivity contribution in [2.45, 2.75) is 12.7 Å². The summed E-state index contributed by atoms with van der Waals surface area (Å²) in [5.41, 5.74) is 2.55. The van der Waals surface area contributed by atoms with Crippen LogP contribution in [0.3, 0.4) is 0 Å². The Morgan fingerprint density at radius 3 is 2.54 bits per heavy atom. The number of carbonyl (C=O) groups is 2. The normalized spacial score (nSPS) is 19.5. The van der Waals surface area contributed by atoms with E-state index >= 15 is 0 Å². The van der Waals surface area contributed by atoms with E-state index in [1.165, 1.54) is 0 Å². The van der Waals surface area contributed by atoms with E-state index in [1.807, 2.05) is 18.2 Å². The minimum atomic E-state index is -4.67. The van der Waals surface area contributed by atoms with Gasteiger partial charge in [0.2, 0.25) is 0 Å². The summed E-state index contributed by atoms with van der Waals surface area (Å²) < 4.78 is 39.1. The highest BCUT2D eigenvalue weighted by Crippen LogP contribution is 2.37. The predicted molar refractivity (Wildman–Crippen MR) is 94.2 cm³/mol. The molecular weight excluding hydrogens is 375 g/mol. The molecule has 0 spiro atoms. The number of alkyl halides is 3. The largest absolute Gasteiger partial charge is 0.481 e. The number of carbonyl (C=O) groups excluding carboxylic acids is 1. The van der Waals surface area contributed by atoms with Crippen LogP contribution in [-0.4, -0.2) is 46.3 Å². The van der Waals surface area contributed by atoms with Crippen LogP contribution in [0.5, 0.6) is 0 Å². The first-order valence-electron chi connectivity index (χ1n) is 8.57. The maximum atomic E-state index is 13.0. The van der Waals surface area contributed by atoms with Crippen molar-refractivity contribution in [3.8, 4) is 11.1 Å². The molecule has 0 unspecified atom stereocenters. The summed E-state index contributed by atoms with van der Waals surface area (Å²) >= 11 is 0. The summed E-state index contributed by atoms with van der Waals surface area (Å²) in [6, 6.07) is 10.3. The highest BCUT2D eigenvalue weighted by atomic mass is 19.4. The zero-order valence-corrected chi connectivity index (χ0v) is 14.7. The van der Waals surface area contributed by atoms with Gasteiger partial charge in [-0.1, -0.05) is 24.3 Å². The summed E-state index contributed by atoms with van der Waals surface area (Å²) in [6.07, 6.45) is -1.32. The zero-order chi connectivity index (χ0) is 20.3. The molecular formula is C19H18F3N3O3. The van der Waals surface area contributed by atoms with Crippen LogP contribution in [-0.2, 0) is 11.3 Å². The molecule has 6 nitrogen and oxygen atoms in total. The molecule has 0 saturated carbocycles. The molecule has 148 valence electrons. The number of nitrogens with zero attached hydrogens (tertiary/aromatic N) is 2. The molecule has 9 heteroatoms. The summed E-state index contributed by atoms with van der Waals surface area (Å²) in [5, 5.41) is 11.6. The first-order chi connectivity index (χ1) is 13.3. The number of hydrogen-bond acceptors (Lipinski definition) is 3. The number of aliphatic carboxylic acids is 1. The van der Waals surface area contributed by atoms with Gasteiger partial charge in [0.25, 0.3) is 0 Å². The number of nitrogens with one attached hydrogen (secondary N) is 1. The van der Waals surface area contributed by atoms with Crippen LogP contribution < -0.4 is 5.32 Å². The third-order valence-corrected chi connectivity index (χ3v) is 4.71. The van der Waals surface area contributed by atoms with E-state index in [-0.39, 0.29) is 6.54 Å². The molecule has 2 aromatic rings. The van der Waals surface area contributed by atoms with E-state index in [2.05, 4.69) is 10.3 Å². The quantitative estimate of drug-likeness (QED) is 0.836. The SMILES string of the molecule is O=C(O)[C@@H]1CN(C(=O)NCc2cccc(-c3cccnc3)c2)C[C@H]1C(F)(F)F. The number of halogens is 3. The second kappa shape index (κ2) is 7.87. The molecule has 1 aromatic heterocycles. The van der Waals surface area contributed by atoms with Gasteiger partial charge in [-0.25, -0.2) is 4.79 Å². The van der Waals surface area contributed by atoms with E-state index in [4.69, 9.17) is 5.11 Å². The van der Waals surface area contributed by atoms with Gasteiger partial charge >= 0.3 is 18.2 Å². The summed E-state index contributed by atoms with van der Waals surface area (Å²) in [5.74, 6) is -5.27. The summed E-state index contributed by atoms with van der Waals surface area (Å²) in [7, 11) is 0. The Hall–Kier alpha value is -3.10. The van der Waals surface area contributed by atoms with E-state index in [9.17, 15) is 22.8 Å². The molecule has 1 aromatic carbocycles. The van der Waals surface area contributed by atoms with Crippen molar-refractivity contribution in [2.24, 2.45) is 11.8 Å². The topological polar surface area (TPSA) is 82.5 Å². The average molecular weight is 393 g/mol. The first-order valence-corrected chi connectivity index (χ1v) is 8.57. The lowest BCUT2D eigenvalue weighted by Gasteiger charge is -2.19. The van der Waals surface area contributed by atoms with Crippen LogP contribution in [0, 0.1) is 11.8 Å². The highest BCUT2D eigenvalue weighted by Gasteiger charge is 2.53. The third-order valence-electron chi connectivity index (χ3n) is 4.71. The van der Waals surface area contributed by atoms with Crippen molar-refractivity contribution in [3.63, 3.8) is 0 Å². The number of hydrogen-bond donors (Lipinski definition) is 2. The molecule has 2 heterocycles. The second-order valence-electron chi connectivity index (χ2n) is 6.60. The van der Waals surface area contributed by atoms with Crippen molar-refractivity contribution < 1.29 is 27.9 Å². The number of rotatable bonds is 4. The molecule has 0 bridgehead atoms. The van der Waals surface area contributed by atoms with E-state index in [0.717, 1.165) is 21.6 Å². The Balaban J connectivity index is 1.64. The second-order valence-corrected chi connectivity index (χ2v) is 6.60. The van der Waals surface area contributed by atoms with Crippen LogP contribution in [0.25, 0.3) is 11.1 Å². The van der Waals surface area contributed by atoms with Gasteiger partial charge in [0, 0.05) is 32.0 Å². The van der Waals surface area contributed by atoms with Gasteiger partial charge in [-0.05, 0) is 28.8 Å². The monoisotopic (exact) mass is 393 g/mol. The number of carboxylic acid groups (broad SMARTS) is 1. The third kappa shape index (κ3) is 4.41. The van der Waals surface area contributed by atoms with Crippen molar-refractivity contribution in [2.75, 3.05) is 13.1 Å². The van der Waals surface area contributed by atoms with Crippen molar-refractivity contribution in [3.05, 3.63) is 54.4 Å². The highest BCUT2D eigenvalue weighted by molar-refractivity contribution is 5.78. The van der Waals surface area contributed by atoms with Gasteiger partial charge in [-0.2, -0.15) is 13.2 Å². The van der Waals surface area contributed by atoms with E-state index < -0.39 is 43.1 Å². The lowest BCUT2D eigenvalue weighted by molar-refractivity contribution is -0.187. The molecule has 1 saturated heterocycles. The van der Waals surface area contributed by atoms with Crippen LogP contribution >= 0.6 is 0 Å². The average Bonchev–Trinajstić information content (AvgIpc) is 3.13. The Bertz CT molecular complexity index is 858. The maximum Gasteiger partial charge on any atom is 0.394 e.